The number of alkyl carbamates (subject to hydrolysis) is 1. The van der Waals surface area contributed by atoms with Crippen molar-refractivity contribution in [3.05, 3.63) is 21.9 Å². The molecule has 0 aliphatic rings. The Morgan fingerprint density at radius 2 is 1.88 bits per heavy atom. The highest BCUT2D eigenvalue weighted by molar-refractivity contribution is 7.10. The van der Waals surface area contributed by atoms with Gasteiger partial charge in [-0.3, -0.25) is 5.41 Å². The van der Waals surface area contributed by atoms with E-state index in [2.05, 4.69) is 39.2 Å². The molecule has 0 spiro atoms. The highest BCUT2D eigenvalue weighted by atomic mass is 32.1. The van der Waals surface area contributed by atoms with Gasteiger partial charge in [-0.15, -0.1) is 11.3 Å². The van der Waals surface area contributed by atoms with Gasteiger partial charge in [-0.05, 0) is 45.0 Å². The van der Waals surface area contributed by atoms with Crippen molar-refractivity contribution < 1.29 is 14.0 Å². The molecule has 6 nitrogen and oxygen atoms in total. The van der Waals surface area contributed by atoms with Crippen LogP contribution in [0.3, 0.4) is 0 Å². The fraction of sp³-hybridized carbons (Fsp3) is 0.667. The molecule has 0 saturated carbocycles. The molecule has 26 heavy (non-hydrogen) atoms. The minimum absolute atomic E-state index is 0.00818. The Morgan fingerprint density at radius 1 is 1.31 bits per heavy atom. The summed E-state index contributed by atoms with van der Waals surface area (Å²) >= 11 is 1.45. The van der Waals surface area contributed by atoms with Crippen LogP contribution in [0.1, 0.15) is 58.0 Å². The normalized spacial score (nSPS) is 14.0. The van der Waals surface area contributed by atoms with Gasteiger partial charge in [0.25, 0.3) is 0 Å². The number of rotatable bonds is 6. The second kappa shape index (κ2) is 8.10. The zero-order valence-corrected chi connectivity index (χ0v) is 19.0. The van der Waals surface area contributed by atoms with E-state index in [1.165, 1.54) is 11.3 Å². The van der Waals surface area contributed by atoms with Crippen molar-refractivity contribution in [1.29, 1.82) is 5.41 Å². The number of amidine groups is 1. The van der Waals surface area contributed by atoms with Crippen molar-refractivity contribution in [2.45, 2.75) is 71.3 Å². The van der Waals surface area contributed by atoms with Crippen LogP contribution in [0.4, 0.5) is 4.79 Å². The molecule has 1 aromatic heterocycles. The third-order valence-corrected chi connectivity index (χ3v) is 9.93. The second-order valence-corrected chi connectivity index (χ2v) is 14.7. The van der Waals surface area contributed by atoms with Gasteiger partial charge in [-0.1, -0.05) is 20.8 Å². The Hall–Kier alpha value is -1.38. The van der Waals surface area contributed by atoms with Gasteiger partial charge in [0.15, 0.2) is 8.32 Å². The van der Waals surface area contributed by atoms with Gasteiger partial charge < -0.3 is 20.2 Å². The zero-order chi connectivity index (χ0) is 20.3. The van der Waals surface area contributed by atoms with Gasteiger partial charge in [-0.25, -0.2) is 4.79 Å². The lowest BCUT2D eigenvalue weighted by atomic mass is 10.2. The van der Waals surface area contributed by atoms with Crippen LogP contribution in [0.25, 0.3) is 0 Å². The van der Waals surface area contributed by atoms with E-state index in [-0.39, 0.29) is 16.9 Å². The molecule has 148 valence electrons. The first-order valence-corrected chi connectivity index (χ1v) is 12.5. The van der Waals surface area contributed by atoms with E-state index in [1.807, 2.05) is 32.2 Å². The molecule has 0 fully saturated rings. The van der Waals surface area contributed by atoms with Gasteiger partial charge in [0, 0.05) is 15.8 Å². The summed E-state index contributed by atoms with van der Waals surface area (Å²) in [6.45, 7) is 16.7. The number of nitrogens with two attached hydrogens (primary N) is 1. The third kappa shape index (κ3) is 6.73. The number of nitrogen functional groups attached to an aromatic ring is 1. The lowest BCUT2D eigenvalue weighted by Crippen LogP contribution is -2.44. The van der Waals surface area contributed by atoms with E-state index in [4.69, 9.17) is 20.3 Å². The average Bonchev–Trinajstić information content (AvgIpc) is 2.89. The lowest BCUT2D eigenvalue weighted by Gasteiger charge is -2.37. The van der Waals surface area contributed by atoms with E-state index in [0.717, 1.165) is 4.88 Å². The monoisotopic (exact) mass is 399 g/mol. The van der Waals surface area contributed by atoms with E-state index < -0.39 is 20.0 Å². The molecule has 1 amide bonds. The predicted octanol–water partition coefficient (Wildman–Crippen LogP) is 4.62. The second-order valence-electron chi connectivity index (χ2n) is 8.92. The SMILES string of the molecule is CC(C)(C)OC(=O)N[C@H](CO[Si](C)(C)C(C)(C)C)c1cc(C(=N)N)cs1. The Bertz CT molecular complexity index is 645. The van der Waals surface area contributed by atoms with Crippen LogP contribution < -0.4 is 11.1 Å². The number of hydrogen-bond acceptors (Lipinski definition) is 5. The van der Waals surface area contributed by atoms with Crippen LogP contribution in [0, 0.1) is 5.41 Å². The molecule has 0 aliphatic carbocycles. The van der Waals surface area contributed by atoms with Crippen LogP contribution in [-0.2, 0) is 9.16 Å². The largest absolute Gasteiger partial charge is 0.444 e. The molecule has 1 heterocycles. The summed E-state index contributed by atoms with van der Waals surface area (Å²) in [5.41, 5.74) is 5.64. The molecule has 1 aromatic rings. The molecule has 0 aliphatic heterocycles. The van der Waals surface area contributed by atoms with Crippen molar-refractivity contribution >= 4 is 31.6 Å². The smallest absolute Gasteiger partial charge is 0.408 e. The molecule has 0 unspecified atom stereocenters. The Morgan fingerprint density at radius 3 is 2.31 bits per heavy atom. The number of thiophene rings is 1. The Labute approximate surface area is 162 Å². The van der Waals surface area contributed by atoms with Gasteiger partial charge in [0.1, 0.15) is 11.4 Å². The molecule has 8 heteroatoms. The quantitative estimate of drug-likeness (QED) is 0.369. The molecule has 4 N–H and O–H groups in total. The maximum Gasteiger partial charge on any atom is 0.408 e. The molecule has 1 atom stereocenters. The van der Waals surface area contributed by atoms with E-state index in [0.29, 0.717) is 12.2 Å². The third-order valence-electron chi connectivity index (χ3n) is 4.38. The molecule has 0 radical (unpaired) electrons. The van der Waals surface area contributed by atoms with E-state index in [9.17, 15) is 4.79 Å². The molecule has 0 aromatic carbocycles. The van der Waals surface area contributed by atoms with Crippen molar-refractivity contribution in [2.24, 2.45) is 5.73 Å². The minimum atomic E-state index is -1.97. The first-order valence-electron chi connectivity index (χ1n) is 8.69. The fourth-order valence-corrected chi connectivity index (χ4v) is 3.79. The van der Waals surface area contributed by atoms with Crippen molar-refractivity contribution in [3.8, 4) is 0 Å². The number of ether oxygens (including phenoxy) is 1. The van der Waals surface area contributed by atoms with Crippen LogP contribution >= 0.6 is 11.3 Å². The van der Waals surface area contributed by atoms with Crippen LogP contribution in [0.5, 0.6) is 0 Å². The maximum atomic E-state index is 12.3. The van der Waals surface area contributed by atoms with Gasteiger partial charge in [0.05, 0.1) is 12.6 Å². The molecular formula is C18H33N3O3SSi. The maximum absolute atomic E-state index is 12.3. The summed E-state index contributed by atoms with van der Waals surface area (Å²) < 4.78 is 11.7. The van der Waals surface area contributed by atoms with Crippen LogP contribution in [-0.4, -0.2) is 32.5 Å². The van der Waals surface area contributed by atoms with Crippen molar-refractivity contribution in [2.75, 3.05) is 6.61 Å². The first kappa shape index (κ1) is 22.7. The summed E-state index contributed by atoms with van der Waals surface area (Å²) in [5, 5.41) is 12.4. The summed E-state index contributed by atoms with van der Waals surface area (Å²) in [7, 11) is -1.97. The van der Waals surface area contributed by atoms with Gasteiger partial charge >= 0.3 is 6.09 Å². The number of amides is 1. The molecule has 0 bridgehead atoms. The zero-order valence-electron chi connectivity index (χ0n) is 17.1. The molecular weight excluding hydrogens is 366 g/mol. The van der Waals surface area contributed by atoms with Crippen LogP contribution in [0.15, 0.2) is 11.4 Å². The lowest BCUT2D eigenvalue weighted by molar-refractivity contribution is 0.0485. The fourth-order valence-electron chi connectivity index (χ4n) is 1.83. The standard InChI is InChI=1S/C18H33N3O3SSi/c1-17(2,3)24-16(22)21-13(10-23-26(7,8)18(4,5)6)14-9-12(11-25-14)15(19)20/h9,11,13H,10H2,1-8H3,(H3,19,20)(H,21,22)/t13-/m1/s1. The Balaban J connectivity index is 2.98. The van der Waals surface area contributed by atoms with Crippen LogP contribution in [0.2, 0.25) is 18.1 Å². The van der Waals surface area contributed by atoms with E-state index >= 15 is 0 Å². The molecule has 1 rings (SSSR count). The van der Waals surface area contributed by atoms with Gasteiger partial charge in [0.2, 0.25) is 0 Å². The van der Waals surface area contributed by atoms with Crippen molar-refractivity contribution in [3.63, 3.8) is 0 Å². The average molecular weight is 400 g/mol. The highest BCUT2D eigenvalue weighted by Crippen LogP contribution is 2.37. The minimum Gasteiger partial charge on any atom is -0.444 e. The number of carbonyl (C=O) groups excluding carboxylic acids is 1. The summed E-state index contributed by atoms with van der Waals surface area (Å²) in [6, 6.07) is 1.47. The predicted molar refractivity (Wildman–Crippen MR) is 111 cm³/mol. The number of nitrogens with one attached hydrogen (secondary N) is 2. The highest BCUT2D eigenvalue weighted by Gasteiger charge is 2.38. The number of hydrogen-bond donors (Lipinski definition) is 3. The number of carbonyl (C=O) groups is 1. The molecule has 0 saturated heterocycles. The van der Waals surface area contributed by atoms with Crippen molar-refractivity contribution in [1.82, 2.24) is 5.32 Å². The topological polar surface area (TPSA) is 97.4 Å². The summed E-state index contributed by atoms with van der Waals surface area (Å²) in [5.74, 6) is 0.00818. The first-order chi connectivity index (χ1) is 11.6. The van der Waals surface area contributed by atoms with E-state index in [1.54, 1.807) is 0 Å². The van der Waals surface area contributed by atoms with Gasteiger partial charge in [-0.2, -0.15) is 0 Å². The summed E-state index contributed by atoms with van der Waals surface area (Å²) in [4.78, 5) is 13.2. The Kier molecular flexibility index (Phi) is 7.06. The summed E-state index contributed by atoms with van der Waals surface area (Å²) in [6.07, 6.45) is -0.487.